The lowest BCUT2D eigenvalue weighted by atomic mass is 9.96. The van der Waals surface area contributed by atoms with Gasteiger partial charge in [-0.25, -0.2) is 4.39 Å². The Morgan fingerprint density at radius 3 is 2.32 bits per heavy atom. The van der Waals surface area contributed by atoms with Crippen molar-refractivity contribution in [2.75, 3.05) is 13.2 Å². The molecule has 0 aliphatic heterocycles. The topological polar surface area (TPSA) is 46.5 Å². The summed E-state index contributed by atoms with van der Waals surface area (Å²) in [5.41, 5.74) is 0.324. The molecule has 1 rings (SSSR count). The molecule has 1 aromatic rings. The summed E-state index contributed by atoms with van der Waals surface area (Å²) in [5.74, 6) is -2.72. The van der Waals surface area contributed by atoms with Gasteiger partial charge in [0.25, 0.3) is 0 Å². The molecule has 1 unspecified atom stereocenters. The molecule has 0 radical (unpaired) electrons. The van der Waals surface area contributed by atoms with E-state index in [1.807, 2.05) is 0 Å². The maximum absolute atomic E-state index is 12.7. The van der Waals surface area contributed by atoms with Crippen LogP contribution in [0.5, 0.6) is 0 Å². The third-order valence-corrected chi connectivity index (χ3v) is 2.39. The smallest absolute Gasteiger partial charge is 0.411 e. The Balaban J connectivity index is 2.55. The Labute approximate surface area is 106 Å². The minimum Gasteiger partial charge on any atom is -0.481 e. The van der Waals surface area contributed by atoms with Crippen LogP contribution in [-0.2, 0) is 9.53 Å². The van der Waals surface area contributed by atoms with Gasteiger partial charge in [0.1, 0.15) is 12.4 Å². The lowest BCUT2D eigenvalue weighted by molar-refractivity contribution is -0.174. The summed E-state index contributed by atoms with van der Waals surface area (Å²) in [5, 5.41) is 8.98. The largest absolute Gasteiger partial charge is 0.481 e. The van der Waals surface area contributed by atoms with Gasteiger partial charge in [0.15, 0.2) is 0 Å². The molecule has 0 bridgehead atoms. The number of hydrogen-bond donors (Lipinski definition) is 1. The van der Waals surface area contributed by atoms with E-state index < -0.39 is 30.5 Å². The predicted octanol–water partition coefficient (Wildman–Crippen LogP) is 2.96. The van der Waals surface area contributed by atoms with E-state index in [0.29, 0.717) is 5.56 Å². The van der Waals surface area contributed by atoms with Crippen LogP contribution in [0.4, 0.5) is 17.6 Å². The second kappa shape index (κ2) is 6.51. The van der Waals surface area contributed by atoms with Gasteiger partial charge in [0, 0.05) is 6.61 Å². The number of ether oxygens (including phenoxy) is 1. The molecule has 19 heavy (non-hydrogen) atoms. The molecule has 1 N–H and O–H groups in total. The van der Waals surface area contributed by atoms with Crippen molar-refractivity contribution in [3.05, 3.63) is 35.6 Å². The number of benzene rings is 1. The standard InChI is InChI=1S/C12H12F4O3/c13-9-3-1-8(2-4-9)10(11(17)18)5-6-19-7-12(14,15)16/h1-4,10H,5-7H2,(H,17,18). The molecule has 1 atom stereocenters. The van der Waals surface area contributed by atoms with Crippen molar-refractivity contribution in [2.24, 2.45) is 0 Å². The number of halogens is 4. The van der Waals surface area contributed by atoms with Crippen LogP contribution in [0.25, 0.3) is 0 Å². The highest BCUT2D eigenvalue weighted by atomic mass is 19.4. The number of aliphatic carboxylic acids is 1. The van der Waals surface area contributed by atoms with Gasteiger partial charge in [-0.2, -0.15) is 13.2 Å². The molecule has 0 heterocycles. The minimum absolute atomic E-state index is 0.114. The van der Waals surface area contributed by atoms with E-state index in [1.54, 1.807) is 0 Å². The maximum Gasteiger partial charge on any atom is 0.411 e. The fraction of sp³-hybridized carbons (Fsp3) is 0.417. The van der Waals surface area contributed by atoms with Gasteiger partial charge in [0.2, 0.25) is 0 Å². The van der Waals surface area contributed by atoms with Crippen molar-refractivity contribution in [3.63, 3.8) is 0 Å². The molecular formula is C12H12F4O3. The molecule has 0 amide bonds. The maximum atomic E-state index is 12.7. The predicted molar refractivity (Wildman–Crippen MR) is 58.3 cm³/mol. The van der Waals surface area contributed by atoms with Gasteiger partial charge < -0.3 is 9.84 Å². The number of hydrogen-bond acceptors (Lipinski definition) is 2. The lowest BCUT2D eigenvalue weighted by Crippen LogP contribution is -2.20. The molecule has 0 fully saturated rings. The number of rotatable bonds is 6. The molecule has 0 aromatic heterocycles. The van der Waals surface area contributed by atoms with E-state index in [1.165, 1.54) is 12.1 Å². The highest BCUT2D eigenvalue weighted by Gasteiger charge is 2.28. The number of carbonyl (C=O) groups is 1. The summed E-state index contributed by atoms with van der Waals surface area (Å²) in [6, 6.07) is 4.78. The molecule has 1 aromatic carbocycles. The van der Waals surface area contributed by atoms with Crippen LogP contribution in [0.15, 0.2) is 24.3 Å². The zero-order chi connectivity index (χ0) is 14.5. The van der Waals surface area contributed by atoms with E-state index in [4.69, 9.17) is 5.11 Å². The van der Waals surface area contributed by atoms with Crippen molar-refractivity contribution in [3.8, 4) is 0 Å². The zero-order valence-corrected chi connectivity index (χ0v) is 9.78. The van der Waals surface area contributed by atoms with E-state index >= 15 is 0 Å². The van der Waals surface area contributed by atoms with Gasteiger partial charge >= 0.3 is 12.1 Å². The van der Waals surface area contributed by atoms with Crippen molar-refractivity contribution in [2.45, 2.75) is 18.5 Å². The third-order valence-electron chi connectivity index (χ3n) is 2.39. The zero-order valence-electron chi connectivity index (χ0n) is 9.78. The number of alkyl halides is 3. The van der Waals surface area contributed by atoms with E-state index in [-0.39, 0.29) is 13.0 Å². The second-order valence-electron chi connectivity index (χ2n) is 3.90. The highest BCUT2D eigenvalue weighted by Crippen LogP contribution is 2.21. The molecule has 106 valence electrons. The summed E-state index contributed by atoms with van der Waals surface area (Å²) < 4.78 is 52.5. The first kappa shape index (κ1) is 15.4. The van der Waals surface area contributed by atoms with Crippen LogP contribution in [0.1, 0.15) is 17.9 Å². The Morgan fingerprint density at radius 1 is 1.26 bits per heavy atom. The summed E-state index contributed by atoms with van der Waals surface area (Å²) in [4.78, 5) is 11.0. The first-order chi connectivity index (χ1) is 8.79. The molecule has 0 spiro atoms. The molecule has 3 nitrogen and oxygen atoms in total. The first-order valence-electron chi connectivity index (χ1n) is 5.42. The molecule has 0 saturated carbocycles. The van der Waals surface area contributed by atoms with Gasteiger partial charge in [-0.3, -0.25) is 4.79 Å². The SMILES string of the molecule is O=C(O)C(CCOCC(F)(F)F)c1ccc(F)cc1. The molecular weight excluding hydrogens is 268 g/mol. The fourth-order valence-electron chi connectivity index (χ4n) is 1.52. The van der Waals surface area contributed by atoms with Gasteiger partial charge in [-0.15, -0.1) is 0 Å². The van der Waals surface area contributed by atoms with Crippen molar-refractivity contribution >= 4 is 5.97 Å². The summed E-state index contributed by atoms with van der Waals surface area (Å²) in [6.45, 7) is -1.75. The Hall–Kier alpha value is -1.63. The Bertz CT molecular complexity index is 414. The summed E-state index contributed by atoms with van der Waals surface area (Å²) in [7, 11) is 0. The van der Waals surface area contributed by atoms with Crippen LogP contribution in [-0.4, -0.2) is 30.5 Å². The molecule has 7 heteroatoms. The normalized spacial score (nSPS) is 13.3. The summed E-state index contributed by atoms with van der Waals surface area (Å²) in [6.07, 6.45) is -4.55. The monoisotopic (exact) mass is 280 g/mol. The van der Waals surface area contributed by atoms with Gasteiger partial charge in [0.05, 0.1) is 5.92 Å². The summed E-state index contributed by atoms with van der Waals surface area (Å²) >= 11 is 0. The van der Waals surface area contributed by atoms with Crippen molar-refractivity contribution in [1.29, 1.82) is 0 Å². The van der Waals surface area contributed by atoms with E-state index in [2.05, 4.69) is 4.74 Å². The molecule has 0 aliphatic rings. The third kappa shape index (κ3) is 5.69. The van der Waals surface area contributed by atoms with Crippen molar-refractivity contribution in [1.82, 2.24) is 0 Å². The van der Waals surface area contributed by atoms with Crippen LogP contribution in [0, 0.1) is 5.82 Å². The molecule has 0 saturated heterocycles. The van der Waals surface area contributed by atoms with Crippen LogP contribution >= 0.6 is 0 Å². The highest BCUT2D eigenvalue weighted by molar-refractivity contribution is 5.76. The van der Waals surface area contributed by atoms with Crippen LogP contribution in [0.3, 0.4) is 0 Å². The average molecular weight is 280 g/mol. The average Bonchev–Trinajstić information content (AvgIpc) is 2.29. The van der Waals surface area contributed by atoms with Crippen LogP contribution in [0.2, 0.25) is 0 Å². The molecule has 0 aliphatic carbocycles. The Kier molecular flexibility index (Phi) is 5.29. The fourth-order valence-corrected chi connectivity index (χ4v) is 1.52. The van der Waals surface area contributed by atoms with Gasteiger partial charge in [-0.1, -0.05) is 12.1 Å². The number of carboxylic acid groups (broad SMARTS) is 1. The van der Waals surface area contributed by atoms with Gasteiger partial charge in [-0.05, 0) is 24.1 Å². The quantitative estimate of drug-likeness (QED) is 0.643. The number of carboxylic acids is 1. The van der Waals surface area contributed by atoms with E-state index in [0.717, 1.165) is 12.1 Å². The van der Waals surface area contributed by atoms with E-state index in [9.17, 15) is 22.4 Å². The lowest BCUT2D eigenvalue weighted by Gasteiger charge is -2.13. The minimum atomic E-state index is -4.44. The van der Waals surface area contributed by atoms with Crippen molar-refractivity contribution < 1.29 is 32.2 Å². The Morgan fingerprint density at radius 2 is 1.84 bits per heavy atom. The second-order valence-corrected chi connectivity index (χ2v) is 3.90. The first-order valence-corrected chi connectivity index (χ1v) is 5.42. The van der Waals surface area contributed by atoms with Crippen LogP contribution < -0.4 is 0 Å².